The highest BCUT2D eigenvalue weighted by atomic mass is 32.1. The van der Waals surface area contributed by atoms with Crippen LogP contribution in [0.15, 0.2) is 61.1 Å². The van der Waals surface area contributed by atoms with Crippen LogP contribution in [0.3, 0.4) is 0 Å². The number of rotatable bonds is 3. The zero-order valence-electron chi connectivity index (χ0n) is 17.7. The number of aromatic nitrogens is 2. The molecule has 2 atom stereocenters. The number of aryl methyl sites for hydroxylation is 2. The van der Waals surface area contributed by atoms with Gasteiger partial charge in [0, 0.05) is 29.8 Å². The third kappa shape index (κ3) is 3.67. The smallest absolute Gasteiger partial charge is 0.174 e. The van der Waals surface area contributed by atoms with Crippen LogP contribution in [0, 0.1) is 13.8 Å². The van der Waals surface area contributed by atoms with Crippen LogP contribution in [0.4, 0.5) is 5.69 Å². The van der Waals surface area contributed by atoms with Gasteiger partial charge in [-0.15, -0.1) is 0 Å². The van der Waals surface area contributed by atoms with Crippen LogP contribution in [-0.4, -0.2) is 14.7 Å². The van der Waals surface area contributed by atoms with Crippen molar-refractivity contribution in [2.75, 3.05) is 4.90 Å². The Kier molecular flexibility index (Phi) is 4.95. The first kappa shape index (κ1) is 19.6. The fraction of sp³-hybridized carbons (Fsp3) is 0.333. The standard InChI is InChI=1S/C24H28N4S/c1-16-9-10-19(14-17(16)2)28-22(18-11-13-27(15-18)24(3,4)5)21(26-23(28)29)20-8-6-7-12-25-20/h6-15,21-22H,1-5H3,(H,26,29)/t21-,22+/m0/s1. The molecule has 3 aromatic rings. The molecule has 4 nitrogen and oxygen atoms in total. The largest absolute Gasteiger partial charge is 0.351 e. The molecule has 0 radical (unpaired) electrons. The van der Waals surface area contributed by atoms with Gasteiger partial charge in [-0.25, -0.2) is 0 Å². The maximum atomic E-state index is 5.81. The monoisotopic (exact) mass is 404 g/mol. The van der Waals surface area contributed by atoms with Gasteiger partial charge in [0.15, 0.2) is 5.11 Å². The summed E-state index contributed by atoms with van der Waals surface area (Å²) < 4.78 is 2.26. The van der Waals surface area contributed by atoms with E-state index in [1.165, 1.54) is 16.7 Å². The van der Waals surface area contributed by atoms with Gasteiger partial charge in [-0.3, -0.25) is 4.98 Å². The minimum atomic E-state index is -0.0128. The molecule has 150 valence electrons. The summed E-state index contributed by atoms with van der Waals surface area (Å²) in [5, 5.41) is 4.27. The van der Waals surface area contributed by atoms with Crippen molar-refractivity contribution in [3.63, 3.8) is 0 Å². The van der Waals surface area contributed by atoms with Crippen LogP contribution in [0.25, 0.3) is 0 Å². The Bertz CT molecular complexity index is 1030. The van der Waals surface area contributed by atoms with E-state index in [0.717, 1.165) is 16.5 Å². The number of anilines is 1. The maximum Gasteiger partial charge on any atom is 0.174 e. The molecular formula is C24H28N4S. The number of hydrogen-bond acceptors (Lipinski definition) is 2. The summed E-state index contributed by atoms with van der Waals surface area (Å²) >= 11 is 5.81. The normalized spacial score (nSPS) is 19.5. The van der Waals surface area contributed by atoms with Crippen molar-refractivity contribution < 1.29 is 0 Å². The lowest BCUT2D eigenvalue weighted by molar-refractivity contribution is 0.397. The number of pyridine rings is 1. The second-order valence-electron chi connectivity index (χ2n) is 8.79. The Balaban J connectivity index is 1.83. The van der Waals surface area contributed by atoms with Crippen LogP contribution < -0.4 is 10.2 Å². The molecule has 5 heteroatoms. The molecule has 1 aliphatic rings. The highest BCUT2D eigenvalue weighted by Crippen LogP contribution is 2.42. The predicted molar refractivity (Wildman–Crippen MR) is 123 cm³/mol. The van der Waals surface area contributed by atoms with Crippen LogP contribution in [0.5, 0.6) is 0 Å². The van der Waals surface area contributed by atoms with Crippen molar-refractivity contribution in [1.29, 1.82) is 0 Å². The fourth-order valence-electron chi connectivity index (χ4n) is 3.85. The Hall–Kier alpha value is -2.66. The minimum absolute atomic E-state index is 0.0128. The van der Waals surface area contributed by atoms with E-state index < -0.39 is 0 Å². The average molecular weight is 405 g/mol. The van der Waals surface area contributed by atoms with Gasteiger partial charge < -0.3 is 14.8 Å². The molecule has 2 aromatic heterocycles. The number of hydrogen-bond donors (Lipinski definition) is 1. The maximum absolute atomic E-state index is 5.81. The zero-order chi connectivity index (χ0) is 20.8. The molecule has 29 heavy (non-hydrogen) atoms. The molecular weight excluding hydrogens is 376 g/mol. The summed E-state index contributed by atoms with van der Waals surface area (Å²) in [4.78, 5) is 6.87. The first-order chi connectivity index (χ1) is 13.8. The van der Waals surface area contributed by atoms with Crippen LogP contribution in [0.1, 0.15) is 55.2 Å². The van der Waals surface area contributed by atoms with Crippen LogP contribution >= 0.6 is 12.2 Å². The predicted octanol–water partition coefficient (Wildman–Crippen LogP) is 5.43. The van der Waals surface area contributed by atoms with Crippen molar-refractivity contribution in [3.8, 4) is 0 Å². The summed E-state index contributed by atoms with van der Waals surface area (Å²) in [6.45, 7) is 10.9. The second-order valence-corrected chi connectivity index (χ2v) is 9.17. The van der Waals surface area contributed by atoms with Crippen LogP contribution in [-0.2, 0) is 5.54 Å². The van der Waals surface area contributed by atoms with E-state index in [2.05, 4.69) is 97.1 Å². The van der Waals surface area contributed by atoms with E-state index in [4.69, 9.17) is 12.2 Å². The highest BCUT2D eigenvalue weighted by Gasteiger charge is 2.41. The summed E-state index contributed by atoms with van der Waals surface area (Å²) in [6, 6.07) is 14.8. The van der Waals surface area contributed by atoms with E-state index in [-0.39, 0.29) is 17.6 Å². The minimum Gasteiger partial charge on any atom is -0.351 e. The molecule has 1 N–H and O–H groups in total. The summed E-state index contributed by atoms with van der Waals surface area (Å²) in [5.74, 6) is 0. The number of nitrogens with zero attached hydrogens (tertiary/aromatic N) is 3. The van der Waals surface area contributed by atoms with E-state index >= 15 is 0 Å². The average Bonchev–Trinajstić information content (AvgIpc) is 3.29. The molecule has 0 saturated carbocycles. The van der Waals surface area contributed by atoms with Crippen molar-refractivity contribution in [2.24, 2.45) is 0 Å². The molecule has 4 rings (SSSR count). The SMILES string of the molecule is Cc1ccc(N2C(=S)N[C@@H](c3ccccn3)[C@H]2c2ccn(C(C)(C)C)c2)cc1C. The highest BCUT2D eigenvalue weighted by molar-refractivity contribution is 7.80. The van der Waals surface area contributed by atoms with E-state index in [9.17, 15) is 0 Å². The Morgan fingerprint density at radius 3 is 2.45 bits per heavy atom. The van der Waals surface area contributed by atoms with Gasteiger partial charge in [0.25, 0.3) is 0 Å². The lowest BCUT2D eigenvalue weighted by atomic mass is 9.98. The molecule has 0 aliphatic carbocycles. The number of thiocarbonyl (C=S) groups is 1. The lowest BCUT2D eigenvalue weighted by Gasteiger charge is -2.28. The molecule has 1 fully saturated rings. The van der Waals surface area contributed by atoms with Crippen molar-refractivity contribution >= 4 is 23.0 Å². The van der Waals surface area contributed by atoms with Crippen molar-refractivity contribution in [3.05, 3.63) is 83.4 Å². The summed E-state index contributed by atoms with van der Waals surface area (Å²) in [7, 11) is 0. The van der Waals surface area contributed by atoms with Gasteiger partial charge in [-0.05, 0) is 93.9 Å². The molecule has 0 amide bonds. The van der Waals surface area contributed by atoms with E-state index in [1.54, 1.807) is 0 Å². The molecule has 1 aliphatic heterocycles. The topological polar surface area (TPSA) is 33.1 Å². The molecule has 3 heterocycles. The van der Waals surface area contributed by atoms with Gasteiger partial charge in [0.05, 0.1) is 17.8 Å². The van der Waals surface area contributed by atoms with Gasteiger partial charge in [-0.2, -0.15) is 0 Å². The molecule has 0 bridgehead atoms. The zero-order valence-corrected chi connectivity index (χ0v) is 18.5. The Morgan fingerprint density at radius 2 is 1.83 bits per heavy atom. The van der Waals surface area contributed by atoms with E-state index in [1.807, 2.05) is 18.3 Å². The first-order valence-corrected chi connectivity index (χ1v) is 10.4. The third-order valence-corrected chi connectivity index (χ3v) is 6.01. The molecule has 1 aromatic carbocycles. The molecule has 0 unspecified atom stereocenters. The fourth-order valence-corrected chi connectivity index (χ4v) is 4.20. The summed E-state index contributed by atoms with van der Waals surface area (Å²) in [6.07, 6.45) is 6.24. The van der Waals surface area contributed by atoms with Gasteiger partial charge >= 0.3 is 0 Å². The molecule has 1 saturated heterocycles. The number of nitrogens with one attached hydrogen (secondary N) is 1. The van der Waals surface area contributed by atoms with E-state index in [0.29, 0.717) is 0 Å². The van der Waals surface area contributed by atoms with Crippen molar-refractivity contribution in [1.82, 2.24) is 14.9 Å². The quantitative estimate of drug-likeness (QED) is 0.590. The Labute approximate surface area is 178 Å². The number of benzene rings is 1. The third-order valence-electron chi connectivity index (χ3n) is 5.70. The Morgan fingerprint density at radius 1 is 1.03 bits per heavy atom. The molecule has 0 spiro atoms. The summed E-state index contributed by atoms with van der Waals surface area (Å²) in [5.41, 5.74) is 5.89. The van der Waals surface area contributed by atoms with Crippen LogP contribution in [0.2, 0.25) is 0 Å². The first-order valence-electron chi connectivity index (χ1n) is 10.0. The van der Waals surface area contributed by atoms with Gasteiger partial charge in [-0.1, -0.05) is 12.1 Å². The van der Waals surface area contributed by atoms with Crippen molar-refractivity contribution in [2.45, 2.75) is 52.2 Å². The lowest BCUT2D eigenvalue weighted by Crippen LogP contribution is -2.29. The van der Waals surface area contributed by atoms with Gasteiger partial charge in [0.2, 0.25) is 0 Å². The van der Waals surface area contributed by atoms with Gasteiger partial charge in [0.1, 0.15) is 0 Å². The second kappa shape index (κ2) is 7.30.